The molecule has 3 nitrogen and oxygen atoms in total. The summed E-state index contributed by atoms with van der Waals surface area (Å²) in [6, 6.07) is 5.87. The Morgan fingerprint density at radius 1 is 1.57 bits per heavy atom. The van der Waals surface area contributed by atoms with Crippen molar-refractivity contribution in [3.05, 3.63) is 40.3 Å². The molecule has 2 aromatic rings. The van der Waals surface area contributed by atoms with E-state index >= 15 is 0 Å². The van der Waals surface area contributed by atoms with Crippen molar-refractivity contribution in [1.82, 2.24) is 9.78 Å². The fourth-order valence-corrected chi connectivity index (χ4v) is 2.18. The molecule has 0 saturated carbocycles. The van der Waals surface area contributed by atoms with E-state index in [4.69, 9.17) is 0 Å². The molecule has 0 amide bonds. The third-order valence-corrected chi connectivity index (χ3v) is 3.07. The number of aliphatic hydroxyl groups is 1. The summed E-state index contributed by atoms with van der Waals surface area (Å²) in [5, 5.41) is 16.0. The first-order valence-electron chi connectivity index (χ1n) is 4.45. The lowest BCUT2D eigenvalue weighted by Gasteiger charge is -2.09. The lowest BCUT2D eigenvalue weighted by Crippen LogP contribution is -2.07. The number of aliphatic hydroxyl groups excluding tert-OH is 1. The van der Waals surface area contributed by atoms with Crippen LogP contribution in [0, 0.1) is 0 Å². The van der Waals surface area contributed by atoms with E-state index in [-0.39, 0.29) is 0 Å². The van der Waals surface area contributed by atoms with Crippen molar-refractivity contribution in [2.75, 3.05) is 0 Å². The Bertz CT molecular complexity index is 394. The van der Waals surface area contributed by atoms with Crippen LogP contribution in [0.15, 0.2) is 29.8 Å². The SMILES string of the molecule is Cn1nccc1C(O)Cc1cccs1. The predicted octanol–water partition coefficient (Wildman–Crippen LogP) is 1.76. The number of aromatic nitrogens is 2. The minimum atomic E-state index is -0.457. The quantitative estimate of drug-likeness (QED) is 0.834. The van der Waals surface area contributed by atoms with Crippen LogP contribution in [0.1, 0.15) is 16.7 Å². The number of nitrogens with zero attached hydrogens (tertiary/aromatic N) is 2. The monoisotopic (exact) mass is 208 g/mol. The highest BCUT2D eigenvalue weighted by atomic mass is 32.1. The molecule has 0 bridgehead atoms. The van der Waals surface area contributed by atoms with E-state index in [9.17, 15) is 5.11 Å². The fourth-order valence-electron chi connectivity index (χ4n) is 1.43. The van der Waals surface area contributed by atoms with Crippen molar-refractivity contribution in [2.24, 2.45) is 7.05 Å². The van der Waals surface area contributed by atoms with E-state index in [0.717, 1.165) is 5.69 Å². The molecule has 0 aliphatic heterocycles. The summed E-state index contributed by atoms with van der Waals surface area (Å²) < 4.78 is 1.71. The normalized spacial score (nSPS) is 13.0. The van der Waals surface area contributed by atoms with Gasteiger partial charge >= 0.3 is 0 Å². The maximum absolute atomic E-state index is 9.91. The maximum atomic E-state index is 9.91. The standard InChI is InChI=1S/C10H12N2OS/c1-12-9(4-5-11-12)10(13)7-8-3-2-6-14-8/h2-6,10,13H,7H2,1H3. The van der Waals surface area contributed by atoms with Crippen molar-refractivity contribution in [3.63, 3.8) is 0 Å². The first-order chi connectivity index (χ1) is 6.77. The van der Waals surface area contributed by atoms with Crippen molar-refractivity contribution in [2.45, 2.75) is 12.5 Å². The Morgan fingerprint density at radius 2 is 2.43 bits per heavy atom. The van der Waals surface area contributed by atoms with Crippen LogP contribution in [-0.4, -0.2) is 14.9 Å². The van der Waals surface area contributed by atoms with Gasteiger partial charge in [-0.1, -0.05) is 6.07 Å². The molecule has 4 heteroatoms. The molecular weight excluding hydrogens is 196 g/mol. The van der Waals surface area contributed by atoms with Gasteiger partial charge in [-0.15, -0.1) is 11.3 Å². The molecule has 0 saturated heterocycles. The first kappa shape index (κ1) is 9.43. The van der Waals surface area contributed by atoms with Gasteiger partial charge in [-0.25, -0.2) is 0 Å². The Kier molecular flexibility index (Phi) is 2.65. The molecule has 0 radical (unpaired) electrons. The van der Waals surface area contributed by atoms with Gasteiger partial charge in [-0.05, 0) is 17.5 Å². The molecule has 0 aliphatic carbocycles. The van der Waals surface area contributed by atoms with Crippen molar-refractivity contribution in [3.8, 4) is 0 Å². The summed E-state index contributed by atoms with van der Waals surface area (Å²) in [6.45, 7) is 0. The first-order valence-corrected chi connectivity index (χ1v) is 5.33. The third-order valence-electron chi connectivity index (χ3n) is 2.17. The Morgan fingerprint density at radius 3 is 3.00 bits per heavy atom. The molecule has 0 spiro atoms. The molecule has 74 valence electrons. The smallest absolute Gasteiger partial charge is 0.100 e. The Hall–Kier alpha value is -1.13. The average Bonchev–Trinajstić information content (AvgIpc) is 2.75. The van der Waals surface area contributed by atoms with Gasteiger partial charge in [0.25, 0.3) is 0 Å². The number of rotatable bonds is 3. The van der Waals surface area contributed by atoms with Crippen LogP contribution in [0.3, 0.4) is 0 Å². The van der Waals surface area contributed by atoms with Crippen LogP contribution in [0.5, 0.6) is 0 Å². The zero-order chi connectivity index (χ0) is 9.97. The fraction of sp³-hybridized carbons (Fsp3) is 0.300. The second-order valence-corrected chi connectivity index (χ2v) is 4.21. The van der Waals surface area contributed by atoms with Gasteiger partial charge < -0.3 is 5.11 Å². The highest BCUT2D eigenvalue weighted by molar-refractivity contribution is 7.09. The van der Waals surface area contributed by atoms with Crippen molar-refractivity contribution in [1.29, 1.82) is 0 Å². The van der Waals surface area contributed by atoms with E-state index in [1.165, 1.54) is 4.88 Å². The van der Waals surface area contributed by atoms with Crippen LogP contribution in [0.25, 0.3) is 0 Å². The van der Waals surface area contributed by atoms with Gasteiger partial charge in [0.15, 0.2) is 0 Å². The third kappa shape index (κ3) is 1.86. The van der Waals surface area contributed by atoms with Gasteiger partial charge in [-0.3, -0.25) is 4.68 Å². The summed E-state index contributed by atoms with van der Waals surface area (Å²) in [7, 11) is 1.84. The molecule has 2 heterocycles. The van der Waals surface area contributed by atoms with Gasteiger partial charge in [0.1, 0.15) is 6.10 Å². The lowest BCUT2D eigenvalue weighted by atomic mass is 10.1. The maximum Gasteiger partial charge on any atom is 0.100 e. The molecule has 14 heavy (non-hydrogen) atoms. The second-order valence-electron chi connectivity index (χ2n) is 3.18. The molecule has 2 rings (SSSR count). The van der Waals surface area contributed by atoms with E-state index in [0.29, 0.717) is 6.42 Å². The van der Waals surface area contributed by atoms with E-state index in [2.05, 4.69) is 5.10 Å². The molecule has 0 aromatic carbocycles. The van der Waals surface area contributed by atoms with Crippen LogP contribution >= 0.6 is 11.3 Å². The largest absolute Gasteiger partial charge is 0.386 e. The molecular formula is C10H12N2OS. The summed E-state index contributed by atoms with van der Waals surface area (Å²) in [5.74, 6) is 0. The second kappa shape index (κ2) is 3.94. The topological polar surface area (TPSA) is 38.0 Å². The van der Waals surface area contributed by atoms with E-state index in [1.54, 1.807) is 22.2 Å². The minimum Gasteiger partial charge on any atom is -0.386 e. The van der Waals surface area contributed by atoms with Crippen LogP contribution < -0.4 is 0 Å². The van der Waals surface area contributed by atoms with Crippen molar-refractivity contribution >= 4 is 11.3 Å². The highest BCUT2D eigenvalue weighted by Crippen LogP contribution is 2.20. The van der Waals surface area contributed by atoms with Gasteiger partial charge in [-0.2, -0.15) is 5.10 Å². The van der Waals surface area contributed by atoms with Gasteiger partial charge in [0.2, 0.25) is 0 Å². The average molecular weight is 208 g/mol. The number of hydrogen-bond acceptors (Lipinski definition) is 3. The molecule has 1 N–H and O–H groups in total. The van der Waals surface area contributed by atoms with Gasteiger partial charge in [0, 0.05) is 24.5 Å². The number of hydrogen-bond donors (Lipinski definition) is 1. The van der Waals surface area contributed by atoms with Crippen LogP contribution in [-0.2, 0) is 13.5 Å². The van der Waals surface area contributed by atoms with E-state index < -0.39 is 6.10 Å². The zero-order valence-electron chi connectivity index (χ0n) is 7.92. The number of aryl methyl sites for hydroxylation is 1. The minimum absolute atomic E-state index is 0.457. The summed E-state index contributed by atoms with van der Waals surface area (Å²) in [5.41, 5.74) is 0.860. The molecule has 0 fully saturated rings. The number of thiophene rings is 1. The lowest BCUT2D eigenvalue weighted by molar-refractivity contribution is 0.169. The van der Waals surface area contributed by atoms with Gasteiger partial charge in [0.05, 0.1) is 5.69 Å². The molecule has 2 aromatic heterocycles. The zero-order valence-corrected chi connectivity index (χ0v) is 8.74. The highest BCUT2D eigenvalue weighted by Gasteiger charge is 2.12. The Labute approximate surface area is 86.6 Å². The molecule has 1 atom stereocenters. The summed E-state index contributed by atoms with van der Waals surface area (Å²) >= 11 is 1.66. The van der Waals surface area contributed by atoms with Crippen LogP contribution in [0.2, 0.25) is 0 Å². The summed E-state index contributed by atoms with van der Waals surface area (Å²) in [6.07, 6.45) is 1.91. The van der Waals surface area contributed by atoms with Crippen molar-refractivity contribution < 1.29 is 5.11 Å². The van der Waals surface area contributed by atoms with Crippen LogP contribution in [0.4, 0.5) is 0 Å². The van der Waals surface area contributed by atoms with E-state index in [1.807, 2.05) is 30.6 Å². The predicted molar refractivity (Wildman–Crippen MR) is 56.2 cm³/mol. The molecule has 1 unspecified atom stereocenters. The molecule has 0 aliphatic rings. The Balaban J connectivity index is 2.10. The summed E-state index contributed by atoms with van der Waals surface area (Å²) in [4.78, 5) is 1.19.